The Morgan fingerprint density at radius 1 is 0.538 bits per heavy atom. The molecule has 0 saturated carbocycles. The predicted molar refractivity (Wildman–Crippen MR) is 216 cm³/mol. The van der Waals surface area contributed by atoms with Crippen molar-refractivity contribution >= 4 is 19.8 Å². The van der Waals surface area contributed by atoms with Crippen molar-refractivity contribution in [3.63, 3.8) is 0 Å². The maximum Gasteiger partial charge on any atom is 0.472 e. The first-order chi connectivity index (χ1) is 25.3. The number of ether oxygens (including phenoxy) is 2. The van der Waals surface area contributed by atoms with Crippen LogP contribution in [0.3, 0.4) is 0 Å². The van der Waals surface area contributed by atoms with Gasteiger partial charge in [0.15, 0.2) is 6.10 Å². The van der Waals surface area contributed by atoms with E-state index in [0.29, 0.717) is 6.42 Å². The monoisotopic (exact) mass is 751 g/mol. The van der Waals surface area contributed by atoms with Gasteiger partial charge in [-0.05, 0) is 84.0 Å². The number of hydrogen-bond acceptors (Lipinski definition) is 7. The summed E-state index contributed by atoms with van der Waals surface area (Å²) < 4.78 is 32.6. The summed E-state index contributed by atoms with van der Waals surface area (Å²) in [5.74, 6) is -0.830. The van der Waals surface area contributed by atoms with Gasteiger partial charge in [-0.2, -0.15) is 0 Å². The van der Waals surface area contributed by atoms with Crippen molar-refractivity contribution in [2.45, 2.75) is 181 Å². The summed E-state index contributed by atoms with van der Waals surface area (Å²) in [5.41, 5.74) is 0. The van der Waals surface area contributed by atoms with E-state index in [1.807, 2.05) is 0 Å². The number of esters is 2. The van der Waals surface area contributed by atoms with Crippen molar-refractivity contribution in [2.75, 3.05) is 19.8 Å². The molecule has 0 heterocycles. The molecule has 0 rings (SSSR count). The maximum atomic E-state index is 12.5. The topological polar surface area (TPSA) is 108 Å². The molecule has 1 N–H and O–H groups in total. The van der Waals surface area contributed by atoms with Crippen LogP contribution in [0, 0.1) is 0 Å². The van der Waals surface area contributed by atoms with Crippen LogP contribution >= 0.6 is 7.82 Å². The molecule has 52 heavy (non-hydrogen) atoms. The van der Waals surface area contributed by atoms with Gasteiger partial charge in [0.25, 0.3) is 0 Å². The zero-order chi connectivity index (χ0) is 38.2. The van der Waals surface area contributed by atoms with Crippen LogP contribution in [0.5, 0.6) is 0 Å². The average molecular weight is 751 g/mol. The van der Waals surface area contributed by atoms with Gasteiger partial charge in [-0.15, -0.1) is 0 Å². The number of carbonyl (C=O) groups excluding carboxylic acids is 2. The molecule has 0 aromatic carbocycles. The molecule has 0 aliphatic heterocycles. The van der Waals surface area contributed by atoms with Crippen LogP contribution in [0.1, 0.15) is 175 Å². The molecular weight excluding hydrogens is 675 g/mol. The largest absolute Gasteiger partial charge is 0.472 e. The quantitative estimate of drug-likeness (QED) is 0.0289. The smallest absolute Gasteiger partial charge is 0.462 e. The minimum Gasteiger partial charge on any atom is -0.462 e. The first-order valence-electron chi connectivity index (χ1n) is 20.6. The Balaban J connectivity index is 4.15. The van der Waals surface area contributed by atoms with E-state index < -0.39 is 26.5 Å². The molecule has 0 fully saturated rings. The zero-order valence-electron chi connectivity index (χ0n) is 33.2. The summed E-state index contributed by atoms with van der Waals surface area (Å²) in [4.78, 5) is 34.7. The molecule has 0 spiro atoms. The lowest BCUT2D eigenvalue weighted by atomic mass is 10.1. The minimum atomic E-state index is -4.29. The van der Waals surface area contributed by atoms with E-state index >= 15 is 0 Å². The molecule has 0 aromatic heterocycles. The Bertz CT molecular complexity index is 1030. The highest BCUT2D eigenvalue weighted by Gasteiger charge is 2.25. The summed E-state index contributed by atoms with van der Waals surface area (Å²) in [6, 6.07) is 0. The van der Waals surface area contributed by atoms with Gasteiger partial charge in [0.1, 0.15) is 6.61 Å². The number of rotatable bonds is 37. The van der Waals surface area contributed by atoms with Crippen LogP contribution in [-0.2, 0) is 32.7 Å². The SMILES string of the molecule is CC/C=C\C/C=C\C/C=C\CCCCCCCC(=O)OC(COC(=O)CCCCCCCCC/C=C\C/C=C\CCCCC)COP(=O)(O)OCC. The third-order valence-electron chi connectivity index (χ3n) is 8.31. The van der Waals surface area contributed by atoms with Crippen molar-refractivity contribution in [2.24, 2.45) is 0 Å². The third-order valence-corrected chi connectivity index (χ3v) is 9.37. The molecule has 0 aromatic rings. The van der Waals surface area contributed by atoms with Gasteiger partial charge in [-0.1, -0.05) is 139 Å². The van der Waals surface area contributed by atoms with E-state index in [1.54, 1.807) is 6.92 Å². The minimum absolute atomic E-state index is 0.00719. The van der Waals surface area contributed by atoms with E-state index in [1.165, 1.54) is 44.9 Å². The van der Waals surface area contributed by atoms with Gasteiger partial charge in [0.05, 0.1) is 13.2 Å². The zero-order valence-corrected chi connectivity index (χ0v) is 34.1. The third kappa shape index (κ3) is 37.5. The molecule has 0 aliphatic carbocycles. The molecule has 0 bridgehead atoms. The molecule has 300 valence electrons. The van der Waals surface area contributed by atoms with Crippen LogP contribution in [0.2, 0.25) is 0 Å². The van der Waals surface area contributed by atoms with Crippen LogP contribution in [0.25, 0.3) is 0 Å². The Morgan fingerprint density at radius 3 is 1.48 bits per heavy atom. The Hall–Kier alpha value is -2.25. The number of phosphoric ester groups is 1. The lowest BCUT2D eigenvalue weighted by Gasteiger charge is -2.19. The van der Waals surface area contributed by atoms with E-state index in [9.17, 15) is 19.0 Å². The molecule has 0 radical (unpaired) electrons. The van der Waals surface area contributed by atoms with Crippen LogP contribution in [-0.4, -0.2) is 42.8 Å². The van der Waals surface area contributed by atoms with Crippen LogP contribution < -0.4 is 0 Å². The molecule has 2 unspecified atom stereocenters. The standard InChI is InChI=1S/C43H75O8P/c1-4-7-9-11-13-15-17-19-21-22-24-25-27-29-31-33-35-37-42(44)48-39-41(40-50-52(46,47)49-6-3)51-43(45)38-36-34-32-30-28-26-23-20-18-16-14-12-10-8-5-2/h8,10,13-16,19-21,23,41H,4-7,9,11-12,17-18,22,24-40H2,1-3H3,(H,46,47)/b10-8-,15-13-,16-14-,21-19-,23-20-. The summed E-state index contributed by atoms with van der Waals surface area (Å²) in [6.45, 7) is 5.29. The van der Waals surface area contributed by atoms with Crippen molar-refractivity contribution in [3.05, 3.63) is 60.8 Å². The number of hydrogen-bond donors (Lipinski definition) is 1. The predicted octanol–water partition coefficient (Wildman–Crippen LogP) is 12.8. The Labute approximate surface area is 318 Å². The lowest BCUT2D eigenvalue weighted by Crippen LogP contribution is -2.29. The van der Waals surface area contributed by atoms with Crippen molar-refractivity contribution in [1.29, 1.82) is 0 Å². The summed E-state index contributed by atoms with van der Waals surface area (Å²) >= 11 is 0. The number of phosphoric acid groups is 1. The summed E-state index contributed by atoms with van der Waals surface area (Å²) in [6.07, 6.45) is 45.5. The highest BCUT2D eigenvalue weighted by molar-refractivity contribution is 7.47. The Kier molecular flexibility index (Phi) is 36.8. The number of unbranched alkanes of at least 4 members (excludes halogenated alkanes) is 15. The van der Waals surface area contributed by atoms with E-state index in [-0.39, 0.29) is 32.0 Å². The average Bonchev–Trinajstić information content (AvgIpc) is 3.12. The van der Waals surface area contributed by atoms with Crippen LogP contribution in [0.4, 0.5) is 0 Å². The summed E-state index contributed by atoms with van der Waals surface area (Å²) in [7, 11) is -4.29. The van der Waals surface area contributed by atoms with Gasteiger partial charge in [0, 0.05) is 12.8 Å². The van der Waals surface area contributed by atoms with Gasteiger partial charge in [0.2, 0.25) is 0 Å². The van der Waals surface area contributed by atoms with Gasteiger partial charge in [-0.25, -0.2) is 4.57 Å². The van der Waals surface area contributed by atoms with Crippen molar-refractivity contribution < 1.29 is 37.6 Å². The fraction of sp³-hybridized carbons (Fsp3) is 0.721. The van der Waals surface area contributed by atoms with E-state index in [2.05, 4.69) is 74.6 Å². The Morgan fingerprint density at radius 2 is 0.981 bits per heavy atom. The fourth-order valence-corrected chi connectivity index (χ4v) is 6.07. The van der Waals surface area contributed by atoms with E-state index in [4.69, 9.17) is 18.5 Å². The number of carbonyl (C=O) groups is 2. The molecular formula is C43H75O8P. The van der Waals surface area contributed by atoms with Crippen molar-refractivity contribution in [1.82, 2.24) is 0 Å². The molecule has 8 nitrogen and oxygen atoms in total. The molecule has 2 atom stereocenters. The van der Waals surface area contributed by atoms with Crippen LogP contribution in [0.15, 0.2) is 60.8 Å². The second kappa shape index (κ2) is 38.5. The highest BCUT2D eigenvalue weighted by Crippen LogP contribution is 2.43. The highest BCUT2D eigenvalue weighted by atomic mass is 31.2. The molecule has 9 heteroatoms. The number of allylic oxidation sites excluding steroid dienone is 10. The molecule has 0 saturated heterocycles. The normalized spacial score (nSPS) is 14.0. The second-order valence-electron chi connectivity index (χ2n) is 13.3. The van der Waals surface area contributed by atoms with Crippen molar-refractivity contribution in [3.8, 4) is 0 Å². The lowest BCUT2D eigenvalue weighted by molar-refractivity contribution is -0.161. The molecule has 0 amide bonds. The fourth-order valence-electron chi connectivity index (χ4n) is 5.32. The van der Waals surface area contributed by atoms with E-state index in [0.717, 1.165) is 89.9 Å². The maximum absolute atomic E-state index is 12.5. The molecule has 0 aliphatic rings. The second-order valence-corrected chi connectivity index (χ2v) is 14.7. The summed E-state index contributed by atoms with van der Waals surface area (Å²) in [5, 5.41) is 0. The van der Waals surface area contributed by atoms with Gasteiger partial charge in [-0.3, -0.25) is 18.6 Å². The first kappa shape index (κ1) is 49.8. The first-order valence-corrected chi connectivity index (χ1v) is 22.1. The van der Waals surface area contributed by atoms with Gasteiger partial charge >= 0.3 is 19.8 Å². The van der Waals surface area contributed by atoms with Gasteiger partial charge < -0.3 is 14.4 Å².